The van der Waals surface area contributed by atoms with Crippen molar-refractivity contribution in [1.29, 1.82) is 0 Å². The number of hydrogen-bond donors (Lipinski definition) is 1. The van der Waals surface area contributed by atoms with Gasteiger partial charge in [0.2, 0.25) is 5.91 Å². The van der Waals surface area contributed by atoms with Crippen LogP contribution >= 0.6 is 0 Å². The van der Waals surface area contributed by atoms with Crippen LogP contribution in [0.4, 0.5) is 0 Å². The van der Waals surface area contributed by atoms with Gasteiger partial charge in [-0.3, -0.25) is 4.79 Å². The molecule has 1 aliphatic carbocycles. The second-order valence-corrected chi connectivity index (χ2v) is 7.18. The molecule has 1 saturated carbocycles. The van der Waals surface area contributed by atoms with Crippen LogP contribution in [-0.4, -0.2) is 23.4 Å². The standard InChI is InChI=1S/C21H24N2O/c1-16(18-10-6-3-7-11-18)22-19-15-23(20(24)21(19)12-13-21)14-17-8-4-2-5-9-17/h2-11,16,19,22H,12-15H2,1H3/t16?,19-/m0/s1. The molecule has 1 N–H and O–H groups in total. The van der Waals surface area contributed by atoms with Gasteiger partial charge in [0.1, 0.15) is 0 Å². The van der Waals surface area contributed by atoms with Gasteiger partial charge in [-0.05, 0) is 30.9 Å². The highest BCUT2D eigenvalue weighted by atomic mass is 16.2. The molecule has 0 bridgehead atoms. The zero-order valence-electron chi connectivity index (χ0n) is 14.1. The summed E-state index contributed by atoms with van der Waals surface area (Å²) in [5.41, 5.74) is 2.35. The molecule has 2 aromatic carbocycles. The Balaban J connectivity index is 1.47. The third-order valence-electron chi connectivity index (χ3n) is 5.54. The average Bonchev–Trinajstić information content (AvgIpc) is 3.39. The summed E-state index contributed by atoms with van der Waals surface area (Å²) in [7, 11) is 0. The summed E-state index contributed by atoms with van der Waals surface area (Å²) in [6.45, 7) is 3.72. The van der Waals surface area contributed by atoms with E-state index < -0.39 is 0 Å². The monoisotopic (exact) mass is 320 g/mol. The van der Waals surface area contributed by atoms with Crippen molar-refractivity contribution in [2.75, 3.05) is 6.54 Å². The molecule has 1 heterocycles. The number of carbonyl (C=O) groups excluding carboxylic acids is 1. The maximum Gasteiger partial charge on any atom is 0.230 e. The van der Waals surface area contributed by atoms with Gasteiger partial charge >= 0.3 is 0 Å². The van der Waals surface area contributed by atoms with E-state index in [1.54, 1.807) is 0 Å². The molecular formula is C21H24N2O. The molecular weight excluding hydrogens is 296 g/mol. The smallest absolute Gasteiger partial charge is 0.230 e. The van der Waals surface area contributed by atoms with Gasteiger partial charge in [-0.1, -0.05) is 60.7 Å². The van der Waals surface area contributed by atoms with E-state index in [1.807, 2.05) is 29.2 Å². The summed E-state index contributed by atoms with van der Waals surface area (Å²) in [5.74, 6) is 0.337. The Morgan fingerprint density at radius 1 is 1.08 bits per heavy atom. The summed E-state index contributed by atoms with van der Waals surface area (Å²) < 4.78 is 0. The molecule has 1 aliphatic heterocycles. The fourth-order valence-electron chi connectivity index (χ4n) is 3.93. The number of rotatable bonds is 5. The first kappa shape index (κ1) is 15.4. The number of likely N-dealkylation sites (tertiary alicyclic amines) is 1. The second kappa shape index (κ2) is 6.06. The van der Waals surface area contributed by atoms with E-state index in [0.29, 0.717) is 5.91 Å². The van der Waals surface area contributed by atoms with Crippen molar-refractivity contribution in [2.24, 2.45) is 5.41 Å². The Labute approximate surface area is 143 Å². The number of hydrogen-bond acceptors (Lipinski definition) is 2. The van der Waals surface area contributed by atoms with Gasteiger partial charge in [-0.2, -0.15) is 0 Å². The van der Waals surface area contributed by atoms with Crippen LogP contribution < -0.4 is 5.32 Å². The molecule has 3 heteroatoms. The number of nitrogens with zero attached hydrogens (tertiary/aromatic N) is 1. The lowest BCUT2D eigenvalue weighted by molar-refractivity contribution is -0.132. The van der Waals surface area contributed by atoms with E-state index in [0.717, 1.165) is 25.9 Å². The molecule has 124 valence electrons. The molecule has 2 aliphatic rings. The van der Waals surface area contributed by atoms with E-state index in [1.165, 1.54) is 11.1 Å². The van der Waals surface area contributed by atoms with Crippen molar-refractivity contribution in [2.45, 2.75) is 38.4 Å². The van der Waals surface area contributed by atoms with E-state index >= 15 is 0 Å². The lowest BCUT2D eigenvalue weighted by Gasteiger charge is -2.23. The third kappa shape index (κ3) is 2.73. The Kier molecular flexibility index (Phi) is 3.89. The Morgan fingerprint density at radius 3 is 2.33 bits per heavy atom. The largest absolute Gasteiger partial charge is 0.336 e. The van der Waals surface area contributed by atoms with Crippen molar-refractivity contribution in [3.05, 3.63) is 71.8 Å². The Bertz CT molecular complexity index is 709. The average molecular weight is 320 g/mol. The molecule has 1 saturated heterocycles. The molecule has 1 unspecified atom stereocenters. The van der Waals surface area contributed by atoms with Gasteiger partial charge in [0.25, 0.3) is 0 Å². The maximum absolute atomic E-state index is 12.9. The number of nitrogens with one attached hydrogen (secondary N) is 1. The van der Waals surface area contributed by atoms with Crippen molar-refractivity contribution in [3.8, 4) is 0 Å². The quantitative estimate of drug-likeness (QED) is 0.914. The van der Waals surface area contributed by atoms with Gasteiger partial charge in [-0.25, -0.2) is 0 Å². The first-order valence-electron chi connectivity index (χ1n) is 8.83. The van der Waals surface area contributed by atoms with Gasteiger partial charge in [0.15, 0.2) is 0 Å². The molecule has 24 heavy (non-hydrogen) atoms. The summed E-state index contributed by atoms with van der Waals surface area (Å²) in [5, 5.41) is 3.73. The highest BCUT2D eigenvalue weighted by molar-refractivity contribution is 5.88. The molecule has 0 radical (unpaired) electrons. The van der Waals surface area contributed by atoms with Crippen molar-refractivity contribution in [1.82, 2.24) is 10.2 Å². The summed E-state index contributed by atoms with van der Waals surface area (Å²) in [4.78, 5) is 14.9. The van der Waals surface area contributed by atoms with Crippen LogP contribution in [0.2, 0.25) is 0 Å². The van der Waals surface area contributed by atoms with Gasteiger partial charge in [0, 0.05) is 25.2 Å². The molecule has 1 spiro atoms. The predicted octanol–water partition coefficient (Wildman–Crippen LogP) is 3.53. The van der Waals surface area contributed by atoms with Crippen LogP contribution in [0.1, 0.15) is 36.9 Å². The highest BCUT2D eigenvalue weighted by Gasteiger charge is 2.61. The first-order valence-corrected chi connectivity index (χ1v) is 8.83. The topological polar surface area (TPSA) is 32.3 Å². The molecule has 1 amide bonds. The van der Waals surface area contributed by atoms with Crippen LogP contribution in [0.5, 0.6) is 0 Å². The zero-order valence-corrected chi connectivity index (χ0v) is 14.1. The number of carbonyl (C=O) groups is 1. The van der Waals surface area contributed by atoms with Crippen LogP contribution in [0, 0.1) is 5.41 Å². The fraction of sp³-hybridized carbons (Fsp3) is 0.381. The minimum atomic E-state index is -0.141. The minimum Gasteiger partial charge on any atom is -0.336 e. The second-order valence-electron chi connectivity index (χ2n) is 7.18. The van der Waals surface area contributed by atoms with Gasteiger partial charge in [0.05, 0.1) is 5.41 Å². The normalized spacial score (nSPS) is 22.8. The van der Waals surface area contributed by atoms with Gasteiger partial charge in [-0.15, -0.1) is 0 Å². The summed E-state index contributed by atoms with van der Waals surface area (Å²) in [6, 6.07) is 21.3. The first-order chi connectivity index (χ1) is 11.7. The molecule has 4 rings (SSSR count). The van der Waals surface area contributed by atoms with E-state index in [4.69, 9.17) is 0 Å². The number of benzene rings is 2. The summed E-state index contributed by atoms with van der Waals surface area (Å²) >= 11 is 0. The predicted molar refractivity (Wildman–Crippen MR) is 95.3 cm³/mol. The highest BCUT2D eigenvalue weighted by Crippen LogP contribution is 2.54. The maximum atomic E-state index is 12.9. The molecule has 2 atom stereocenters. The lowest BCUT2D eigenvalue weighted by atomic mass is 9.98. The molecule has 3 nitrogen and oxygen atoms in total. The Morgan fingerprint density at radius 2 is 1.71 bits per heavy atom. The van der Waals surface area contributed by atoms with Crippen LogP contribution in [0.25, 0.3) is 0 Å². The van der Waals surface area contributed by atoms with Gasteiger partial charge < -0.3 is 10.2 Å². The molecule has 2 aromatic rings. The van der Waals surface area contributed by atoms with Crippen LogP contribution in [0.3, 0.4) is 0 Å². The van der Waals surface area contributed by atoms with E-state index in [2.05, 4.69) is 48.6 Å². The lowest BCUT2D eigenvalue weighted by Crippen LogP contribution is -2.39. The fourth-order valence-corrected chi connectivity index (χ4v) is 3.93. The molecule has 2 fully saturated rings. The molecule has 0 aromatic heterocycles. The van der Waals surface area contributed by atoms with Crippen molar-refractivity contribution < 1.29 is 4.79 Å². The minimum absolute atomic E-state index is 0.141. The third-order valence-corrected chi connectivity index (χ3v) is 5.54. The SMILES string of the molecule is CC(N[C@H]1CN(Cc2ccccc2)C(=O)C12CC2)c1ccccc1. The van der Waals surface area contributed by atoms with Crippen LogP contribution in [0.15, 0.2) is 60.7 Å². The Hall–Kier alpha value is -2.13. The van der Waals surface area contributed by atoms with Crippen molar-refractivity contribution in [3.63, 3.8) is 0 Å². The number of amides is 1. The summed E-state index contributed by atoms with van der Waals surface area (Å²) in [6.07, 6.45) is 2.05. The van der Waals surface area contributed by atoms with E-state index in [9.17, 15) is 4.79 Å². The van der Waals surface area contributed by atoms with Crippen molar-refractivity contribution >= 4 is 5.91 Å². The zero-order chi connectivity index (χ0) is 16.6. The van der Waals surface area contributed by atoms with E-state index in [-0.39, 0.29) is 17.5 Å². The van der Waals surface area contributed by atoms with Crippen LogP contribution in [-0.2, 0) is 11.3 Å².